The lowest BCUT2D eigenvalue weighted by Gasteiger charge is -2.47. The minimum Gasteiger partial charge on any atom is -0.341 e. The van der Waals surface area contributed by atoms with Gasteiger partial charge in [-0.15, -0.1) is 12.4 Å². The first kappa shape index (κ1) is 18.2. The summed E-state index contributed by atoms with van der Waals surface area (Å²) in [5.41, 5.74) is 7.15. The Morgan fingerprint density at radius 1 is 1.26 bits per heavy atom. The Morgan fingerprint density at radius 2 is 2.00 bits per heavy atom. The molecular formula is C18H28ClN3O. The fourth-order valence-electron chi connectivity index (χ4n) is 4.01. The molecule has 0 aliphatic carbocycles. The lowest BCUT2D eigenvalue weighted by Crippen LogP contribution is -2.56. The van der Waals surface area contributed by atoms with E-state index in [2.05, 4.69) is 35.2 Å². The summed E-state index contributed by atoms with van der Waals surface area (Å²) in [6.07, 6.45) is 3.54. The molecule has 1 amide bonds. The van der Waals surface area contributed by atoms with Crippen LogP contribution in [-0.4, -0.2) is 47.4 Å². The molecule has 2 fully saturated rings. The molecule has 0 spiro atoms. The Balaban J connectivity index is 0.00000192. The number of benzene rings is 1. The highest BCUT2D eigenvalue weighted by atomic mass is 35.5. The van der Waals surface area contributed by atoms with E-state index in [1.54, 1.807) is 6.92 Å². The molecule has 2 saturated heterocycles. The summed E-state index contributed by atoms with van der Waals surface area (Å²) in [4.78, 5) is 16.7. The van der Waals surface area contributed by atoms with Crippen molar-refractivity contribution in [2.45, 2.75) is 44.8 Å². The third kappa shape index (κ3) is 4.25. The van der Waals surface area contributed by atoms with Crippen molar-refractivity contribution in [3.05, 3.63) is 35.9 Å². The quantitative estimate of drug-likeness (QED) is 0.920. The van der Waals surface area contributed by atoms with Gasteiger partial charge in [-0.2, -0.15) is 0 Å². The highest BCUT2D eigenvalue weighted by molar-refractivity contribution is 5.85. The number of hydrogen-bond donors (Lipinski definition) is 1. The number of hydrogen-bond acceptors (Lipinski definition) is 3. The summed E-state index contributed by atoms with van der Waals surface area (Å²) < 4.78 is 0. The van der Waals surface area contributed by atoms with Gasteiger partial charge in [0.1, 0.15) is 0 Å². The minimum absolute atomic E-state index is 0. The number of piperidine rings is 2. The Bertz CT molecular complexity index is 508. The second-order valence-corrected chi connectivity index (χ2v) is 6.79. The predicted molar refractivity (Wildman–Crippen MR) is 95.5 cm³/mol. The van der Waals surface area contributed by atoms with Gasteiger partial charge in [-0.1, -0.05) is 30.3 Å². The minimum atomic E-state index is -0.374. The van der Waals surface area contributed by atoms with Crippen molar-refractivity contribution in [1.29, 1.82) is 0 Å². The monoisotopic (exact) mass is 337 g/mol. The molecule has 0 saturated carbocycles. The molecule has 1 aromatic carbocycles. The standard InChI is InChI=1S/C18H27N3O.ClH/c1-14(19)18(22)21-11-9-17-16(13-21)8-5-10-20(17)12-15-6-3-2-4-7-15;/h2-4,6-7,14,16-17H,5,8-13,19H2,1H3;1H. The summed E-state index contributed by atoms with van der Waals surface area (Å²) in [5.74, 6) is 0.715. The number of fused-ring (bicyclic) bond motifs is 1. The van der Waals surface area contributed by atoms with Crippen LogP contribution in [0.5, 0.6) is 0 Å². The van der Waals surface area contributed by atoms with Gasteiger partial charge in [0.2, 0.25) is 5.91 Å². The van der Waals surface area contributed by atoms with Crippen LogP contribution >= 0.6 is 12.4 Å². The van der Waals surface area contributed by atoms with Crippen molar-refractivity contribution in [2.75, 3.05) is 19.6 Å². The van der Waals surface area contributed by atoms with Crippen LogP contribution in [0.15, 0.2) is 30.3 Å². The van der Waals surface area contributed by atoms with Crippen molar-refractivity contribution in [3.8, 4) is 0 Å². The highest BCUT2D eigenvalue weighted by Gasteiger charge is 2.37. The van der Waals surface area contributed by atoms with Gasteiger partial charge in [-0.3, -0.25) is 9.69 Å². The third-order valence-electron chi connectivity index (χ3n) is 5.11. The highest BCUT2D eigenvalue weighted by Crippen LogP contribution is 2.31. The SMILES string of the molecule is CC(N)C(=O)N1CCC2C(CCCN2Cc2ccccc2)C1.Cl. The molecule has 4 nitrogen and oxygen atoms in total. The maximum Gasteiger partial charge on any atom is 0.239 e. The van der Waals surface area contributed by atoms with E-state index < -0.39 is 0 Å². The van der Waals surface area contributed by atoms with Crippen LogP contribution in [-0.2, 0) is 11.3 Å². The Morgan fingerprint density at radius 3 is 2.70 bits per heavy atom. The Kier molecular flexibility index (Phi) is 6.45. The van der Waals surface area contributed by atoms with E-state index in [1.165, 1.54) is 24.9 Å². The van der Waals surface area contributed by atoms with Gasteiger partial charge in [0, 0.05) is 25.7 Å². The van der Waals surface area contributed by atoms with Gasteiger partial charge >= 0.3 is 0 Å². The molecule has 2 heterocycles. The average molecular weight is 338 g/mol. The third-order valence-corrected chi connectivity index (χ3v) is 5.11. The number of nitrogens with two attached hydrogens (primary N) is 1. The first-order valence-electron chi connectivity index (χ1n) is 8.47. The van der Waals surface area contributed by atoms with Gasteiger partial charge in [0.25, 0.3) is 0 Å². The van der Waals surface area contributed by atoms with E-state index in [9.17, 15) is 4.79 Å². The molecule has 3 rings (SSSR count). The maximum absolute atomic E-state index is 12.1. The number of carbonyl (C=O) groups is 1. The second-order valence-electron chi connectivity index (χ2n) is 6.79. The van der Waals surface area contributed by atoms with E-state index in [4.69, 9.17) is 5.73 Å². The normalized spacial score (nSPS) is 26.1. The average Bonchev–Trinajstić information content (AvgIpc) is 2.55. The molecule has 0 aromatic heterocycles. The van der Waals surface area contributed by atoms with Crippen molar-refractivity contribution >= 4 is 18.3 Å². The Hall–Kier alpha value is -1.10. The summed E-state index contributed by atoms with van der Waals surface area (Å²) >= 11 is 0. The second kappa shape index (κ2) is 8.13. The summed E-state index contributed by atoms with van der Waals surface area (Å²) in [6, 6.07) is 10.9. The lowest BCUT2D eigenvalue weighted by atomic mass is 9.83. The number of carbonyl (C=O) groups excluding carboxylic acids is 1. The number of likely N-dealkylation sites (tertiary alicyclic amines) is 2. The van der Waals surface area contributed by atoms with Crippen LogP contribution in [0, 0.1) is 5.92 Å². The predicted octanol–water partition coefficient (Wildman–Crippen LogP) is 2.27. The van der Waals surface area contributed by atoms with Crippen LogP contribution in [0.1, 0.15) is 31.7 Å². The van der Waals surface area contributed by atoms with Crippen molar-refractivity contribution in [1.82, 2.24) is 9.80 Å². The van der Waals surface area contributed by atoms with Gasteiger partial charge in [0.15, 0.2) is 0 Å². The molecule has 2 aliphatic heterocycles. The van der Waals surface area contributed by atoms with Gasteiger partial charge < -0.3 is 10.6 Å². The van der Waals surface area contributed by atoms with Crippen LogP contribution in [0.25, 0.3) is 0 Å². The molecule has 0 radical (unpaired) electrons. The van der Waals surface area contributed by atoms with Crippen LogP contribution in [0.2, 0.25) is 0 Å². The fraction of sp³-hybridized carbons (Fsp3) is 0.611. The smallest absolute Gasteiger partial charge is 0.239 e. The molecule has 3 atom stereocenters. The molecular weight excluding hydrogens is 310 g/mol. The zero-order chi connectivity index (χ0) is 15.5. The van der Waals surface area contributed by atoms with E-state index in [1.807, 2.05) is 4.90 Å². The van der Waals surface area contributed by atoms with Gasteiger partial charge in [0.05, 0.1) is 6.04 Å². The molecule has 128 valence electrons. The maximum atomic E-state index is 12.1. The summed E-state index contributed by atoms with van der Waals surface area (Å²) in [7, 11) is 0. The molecule has 3 unspecified atom stereocenters. The van der Waals surface area contributed by atoms with Crippen molar-refractivity contribution in [2.24, 2.45) is 11.7 Å². The molecule has 1 aromatic rings. The van der Waals surface area contributed by atoms with Crippen LogP contribution < -0.4 is 5.73 Å². The first-order valence-corrected chi connectivity index (χ1v) is 8.47. The van der Waals surface area contributed by atoms with E-state index in [0.717, 1.165) is 26.1 Å². The molecule has 5 heteroatoms. The molecule has 2 aliphatic rings. The van der Waals surface area contributed by atoms with E-state index in [-0.39, 0.29) is 24.4 Å². The molecule has 2 N–H and O–H groups in total. The zero-order valence-corrected chi connectivity index (χ0v) is 14.7. The number of halogens is 1. The summed E-state index contributed by atoms with van der Waals surface area (Å²) in [5, 5.41) is 0. The number of rotatable bonds is 3. The first-order chi connectivity index (χ1) is 10.6. The lowest BCUT2D eigenvalue weighted by molar-refractivity contribution is -0.136. The Labute approximate surface area is 145 Å². The van der Waals surface area contributed by atoms with Gasteiger partial charge in [-0.25, -0.2) is 0 Å². The van der Waals surface area contributed by atoms with E-state index >= 15 is 0 Å². The summed E-state index contributed by atoms with van der Waals surface area (Å²) in [6.45, 7) is 5.74. The van der Waals surface area contributed by atoms with Crippen molar-refractivity contribution in [3.63, 3.8) is 0 Å². The number of nitrogens with zero attached hydrogens (tertiary/aromatic N) is 2. The largest absolute Gasteiger partial charge is 0.341 e. The fourth-order valence-corrected chi connectivity index (χ4v) is 4.01. The molecule has 0 bridgehead atoms. The zero-order valence-electron chi connectivity index (χ0n) is 13.9. The van der Waals surface area contributed by atoms with E-state index in [0.29, 0.717) is 12.0 Å². The van der Waals surface area contributed by atoms with Gasteiger partial charge in [-0.05, 0) is 44.2 Å². The van der Waals surface area contributed by atoms with Crippen LogP contribution in [0.3, 0.4) is 0 Å². The molecule has 23 heavy (non-hydrogen) atoms. The van der Waals surface area contributed by atoms with Crippen LogP contribution in [0.4, 0.5) is 0 Å². The number of amides is 1. The topological polar surface area (TPSA) is 49.6 Å². The van der Waals surface area contributed by atoms with Crippen molar-refractivity contribution < 1.29 is 4.79 Å².